The quantitative estimate of drug-likeness (QED) is 0.661. The van der Waals surface area contributed by atoms with Crippen molar-refractivity contribution in [1.29, 1.82) is 0 Å². The summed E-state index contributed by atoms with van der Waals surface area (Å²) in [5.41, 5.74) is 2.48. The highest BCUT2D eigenvalue weighted by Crippen LogP contribution is 2.35. The van der Waals surface area contributed by atoms with Gasteiger partial charge in [-0.15, -0.1) is 11.3 Å². The zero-order valence-corrected chi connectivity index (χ0v) is 15.6. The number of fused-ring (bicyclic) bond motifs is 3. The maximum Gasteiger partial charge on any atom is 0.339 e. The Morgan fingerprint density at radius 2 is 2.27 bits per heavy atom. The summed E-state index contributed by atoms with van der Waals surface area (Å²) in [6.07, 6.45) is 4.49. The lowest BCUT2D eigenvalue weighted by molar-refractivity contribution is 0.0365. The van der Waals surface area contributed by atoms with Crippen LogP contribution in [0.5, 0.6) is 0 Å². The number of thiophene rings is 1. The summed E-state index contributed by atoms with van der Waals surface area (Å²) in [4.78, 5) is 31.6. The largest absolute Gasteiger partial charge is 0.440 e. The van der Waals surface area contributed by atoms with Crippen molar-refractivity contribution in [3.63, 3.8) is 0 Å². The maximum absolute atomic E-state index is 12.9. The van der Waals surface area contributed by atoms with Crippen LogP contribution in [0.3, 0.4) is 0 Å². The highest BCUT2D eigenvalue weighted by atomic mass is 32.1. The Morgan fingerprint density at radius 3 is 3.08 bits per heavy atom. The van der Waals surface area contributed by atoms with Gasteiger partial charge in [-0.3, -0.25) is 9.36 Å². The number of carbonyl (C=O) groups is 1. The first-order chi connectivity index (χ1) is 12.5. The van der Waals surface area contributed by atoms with Gasteiger partial charge in [0.25, 0.3) is 5.56 Å². The predicted octanol–water partition coefficient (Wildman–Crippen LogP) is 3.71. The van der Waals surface area contributed by atoms with Gasteiger partial charge in [0.2, 0.25) is 0 Å². The molecule has 2 aromatic heterocycles. The Hall–Kier alpha value is -2.47. The second-order valence-electron chi connectivity index (χ2n) is 6.98. The lowest BCUT2D eigenvalue weighted by Crippen LogP contribution is -2.24. The van der Waals surface area contributed by atoms with Crippen molar-refractivity contribution in [1.82, 2.24) is 9.55 Å². The molecule has 0 spiro atoms. The molecule has 0 saturated heterocycles. The second-order valence-corrected chi connectivity index (χ2v) is 8.07. The summed E-state index contributed by atoms with van der Waals surface area (Å²) in [6, 6.07) is 7.20. The highest BCUT2D eigenvalue weighted by Gasteiger charge is 2.23. The predicted molar refractivity (Wildman–Crippen MR) is 102 cm³/mol. The summed E-state index contributed by atoms with van der Waals surface area (Å²) < 4.78 is 6.70. The van der Waals surface area contributed by atoms with Crippen LogP contribution in [0.15, 0.2) is 35.4 Å². The zero-order chi connectivity index (χ0) is 18.3. The number of carbonyl (C=O) groups excluding carboxylic acids is 1. The average molecular weight is 368 g/mol. The van der Waals surface area contributed by atoms with Crippen LogP contribution < -0.4 is 5.56 Å². The molecule has 2 heterocycles. The zero-order valence-electron chi connectivity index (χ0n) is 14.8. The molecule has 0 amide bonds. The number of esters is 1. The molecule has 0 N–H and O–H groups in total. The lowest BCUT2D eigenvalue weighted by Gasteiger charge is -2.17. The Labute approximate surface area is 155 Å². The average Bonchev–Trinajstić information content (AvgIpc) is 2.99. The number of benzene rings is 1. The smallest absolute Gasteiger partial charge is 0.339 e. The van der Waals surface area contributed by atoms with Crippen molar-refractivity contribution in [2.45, 2.75) is 39.8 Å². The van der Waals surface area contributed by atoms with E-state index in [9.17, 15) is 9.59 Å². The van der Waals surface area contributed by atoms with Gasteiger partial charge in [-0.25, -0.2) is 9.78 Å². The highest BCUT2D eigenvalue weighted by molar-refractivity contribution is 7.18. The van der Waals surface area contributed by atoms with Gasteiger partial charge in [-0.2, -0.15) is 0 Å². The number of aryl methyl sites for hydroxylation is 2. The van der Waals surface area contributed by atoms with E-state index in [1.807, 2.05) is 19.1 Å². The van der Waals surface area contributed by atoms with Crippen LogP contribution in [-0.4, -0.2) is 15.5 Å². The van der Waals surface area contributed by atoms with Crippen molar-refractivity contribution in [2.24, 2.45) is 5.92 Å². The Balaban J connectivity index is 1.60. The summed E-state index contributed by atoms with van der Waals surface area (Å²) in [5.74, 6) is 0.204. The van der Waals surface area contributed by atoms with Gasteiger partial charge in [-0.05, 0) is 49.8 Å². The summed E-state index contributed by atoms with van der Waals surface area (Å²) in [6.45, 7) is 4.03. The lowest BCUT2D eigenvalue weighted by atomic mass is 9.89. The molecule has 6 heteroatoms. The van der Waals surface area contributed by atoms with E-state index in [0.717, 1.165) is 35.2 Å². The van der Waals surface area contributed by atoms with E-state index in [-0.39, 0.29) is 12.3 Å². The minimum Gasteiger partial charge on any atom is -0.440 e. The van der Waals surface area contributed by atoms with Crippen molar-refractivity contribution in [3.8, 4) is 0 Å². The molecule has 0 bridgehead atoms. The molecule has 0 saturated carbocycles. The van der Waals surface area contributed by atoms with Gasteiger partial charge in [-0.1, -0.05) is 24.6 Å². The molecule has 3 aromatic rings. The molecule has 4 rings (SSSR count). The molecular weight excluding hydrogens is 348 g/mol. The van der Waals surface area contributed by atoms with Gasteiger partial charge in [0.1, 0.15) is 11.2 Å². The first kappa shape index (κ1) is 17.0. The molecule has 26 heavy (non-hydrogen) atoms. The fraction of sp³-hybridized carbons (Fsp3) is 0.350. The SMILES string of the molecule is Cc1cccc(C(=O)OCn2cnc3sc4c(c3c2=O)CCC(C)C4)c1. The molecule has 1 unspecified atom stereocenters. The van der Waals surface area contributed by atoms with Crippen molar-refractivity contribution in [3.05, 3.63) is 62.5 Å². The van der Waals surface area contributed by atoms with Crippen LogP contribution in [0.1, 0.15) is 39.7 Å². The molecule has 1 aromatic carbocycles. The van der Waals surface area contributed by atoms with E-state index in [1.54, 1.807) is 23.5 Å². The first-order valence-corrected chi connectivity index (χ1v) is 9.58. The van der Waals surface area contributed by atoms with E-state index >= 15 is 0 Å². The van der Waals surface area contributed by atoms with Crippen molar-refractivity contribution < 1.29 is 9.53 Å². The fourth-order valence-electron chi connectivity index (χ4n) is 3.44. The second kappa shape index (κ2) is 6.68. The normalized spacial score (nSPS) is 16.5. The number of ether oxygens (including phenoxy) is 1. The van der Waals surface area contributed by atoms with E-state index in [0.29, 0.717) is 16.9 Å². The number of rotatable bonds is 3. The van der Waals surface area contributed by atoms with Crippen LogP contribution in [0.25, 0.3) is 10.2 Å². The van der Waals surface area contributed by atoms with Crippen LogP contribution >= 0.6 is 11.3 Å². The third-order valence-corrected chi connectivity index (χ3v) is 6.03. The Morgan fingerprint density at radius 1 is 1.42 bits per heavy atom. The van der Waals surface area contributed by atoms with Crippen LogP contribution in [0, 0.1) is 12.8 Å². The molecule has 0 radical (unpaired) electrons. The first-order valence-electron chi connectivity index (χ1n) is 8.76. The third kappa shape index (κ3) is 3.05. The molecule has 0 aliphatic heterocycles. The summed E-state index contributed by atoms with van der Waals surface area (Å²) in [7, 11) is 0. The fourth-order valence-corrected chi connectivity index (χ4v) is 4.78. The molecule has 5 nitrogen and oxygen atoms in total. The van der Waals surface area contributed by atoms with Gasteiger partial charge in [0.15, 0.2) is 6.73 Å². The van der Waals surface area contributed by atoms with Crippen molar-refractivity contribution in [2.75, 3.05) is 0 Å². The molecule has 1 atom stereocenters. The topological polar surface area (TPSA) is 61.2 Å². The minimum atomic E-state index is -0.443. The molecule has 0 fully saturated rings. The standard InChI is InChI=1S/C20H20N2O3S/c1-12-4-3-5-14(8-12)20(24)25-11-22-10-21-18-17(19(22)23)15-7-6-13(2)9-16(15)26-18/h3-5,8,10,13H,6-7,9,11H2,1-2H3. The number of hydrogen-bond donors (Lipinski definition) is 0. The van der Waals surface area contributed by atoms with Crippen LogP contribution in [-0.2, 0) is 24.3 Å². The van der Waals surface area contributed by atoms with Gasteiger partial charge >= 0.3 is 5.97 Å². The number of hydrogen-bond acceptors (Lipinski definition) is 5. The van der Waals surface area contributed by atoms with Crippen LogP contribution in [0.2, 0.25) is 0 Å². The van der Waals surface area contributed by atoms with Crippen LogP contribution in [0.4, 0.5) is 0 Å². The number of nitrogens with zero attached hydrogens (tertiary/aromatic N) is 2. The molecular formula is C20H20N2O3S. The van der Waals surface area contributed by atoms with Gasteiger partial charge in [0.05, 0.1) is 10.9 Å². The molecule has 1 aliphatic carbocycles. The van der Waals surface area contributed by atoms with E-state index in [1.165, 1.54) is 15.8 Å². The molecule has 134 valence electrons. The minimum absolute atomic E-state index is 0.126. The van der Waals surface area contributed by atoms with Gasteiger partial charge < -0.3 is 4.74 Å². The van der Waals surface area contributed by atoms with E-state index in [2.05, 4.69) is 11.9 Å². The Bertz CT molecular complexity index is 1050. The van der Waals surface area contributed by atoms with Gasteiger partial charge in [0, 0.05) is 4.88 Å². The summed E-state index contributed by atoms with van der Waals surface area (Å²) >= 11 is 1.62. The summed E-state index contributed by atoms with van der Waals surface area (Å²) in [5, 5.41) is 0.700. The number of aromatic nitrogens is 2. The van der Waals surface area contributed by atoms with E-state index in [4.69, 9.17) is 4.74 Å². The van der Waals surface area contributed by atoms with E-state index < -0.39 is 5.97 Å². The molecule has 1 aliphatic rings. The van der Waals surface area contributed by atoms with Crippen molar-refractivity contribution >= 4 is 27.5 Å². The monoisotopic (exact) mass is 368 g/mol. The maximum atomic E-state index is 12.9. The third-order valence-electron chi connectivity index (χ3n) is 4.87. The Kier molecular flexibility index (Phi) is 4.36.